The number of rotatable bonds is 4. The van der Waals surface area contributed by atoms with E-state index in [1.54, 1.807) is 12.1 Å². The van der Waals surface area contributed by atoms with Crippen LogP contribution in [0.3, 0.4) is 0 Å². The monoisotopic (exact) mass is 294 g/mol. The van der Waals surface area contributed by atoms with Crippen LogP contribution in [0, 0.1) is 0 Å². The van der Waals surface area contributed by atoms with Crippen LogP contribution in [-0.4, -0.2) is 5.78 Å². The summed E-state index contributed by atoms with van der Waals surface area (Å²) in [4.78, 5) is 11.4. The van der Waals surface area contributed by atoms with Crippen LogP contribution in [0.5, 0.6) is 5.75 Å². The van der Waals surface area contributed by atoms with Crippen molar-refractivity contribution in [2.75, 3.05) is 0 Å². The van der Waals surface area contributed by atoms with Gasteiger partial charge in [0.15, 0.2) is 5.78 Å². The van der Waals surface area contributed by atoms with Gasteiger partial charge in [-0.1, -0.05) is 53.5 Å². The number of hydrogen-bond acceptors (Lipinski definition) is 2. The van der Waals surface area contributed by atoms with Gasteiger partial charge < -0.3 is 4.74 Å². The van der Waals surface area contributed by atoms with Gasteiger partial charge in [-0.25, -0.2) is 0 Å². The molecule has 0 N–H and O–H groups in total. The van der Waals surface area contributed by atoms with Crippen LogP contribution in [0.15, 0.2) is 42.5 Å². The third-order valence-corrected chi connectivity index (χ3v) is 3.21. The van der Waals surface area contributed by atoms with Crippen molar-refractivity contribution in [2.45, 2.75) is 13.5 Å². The van der Waals surface area contributed by atoms with Gasteiger partial charge in [0.05, 0.1) is 15.6 Å². The van der Waals surface area contributed by atoms with E-state index in [4.69, 9.17) is 27.9 Å². The Labute approximate surface area is 121 Å². The maximum atomic E-state index is 11.4. The van der Waals surface area contributed by atoms with Crippen molar-refractivity contribution in [3.05, 3.63) is 63.6 Å². The summed E-state index contributed by atoms with van der Waals surface area (Å²) in [6.45, 7) is 1.85. The summed E-state index contributed by atoms with van der Waals surface area (Å²) >= 11 is 12.1. The van der Waals surface area contributed by atoms with Crippen LogP contribution in [0.4, 0.5) is 0 Å². The number of Topliss-reactive ketones (excluding diaryl/α,β-unsaturated/α-hetero) is 1. The number of hydrogen-bond donors (Lipinski definition) is 0. The molecule has 0 aliphatic heterocycles. The zero-order valence-electron chi connectivity index (χ0n) is 10.3. The van der Waals surface area contributed by atoms with Crippen LogP contribution in [0.2, 0.25) is 10.0 Å². The maximum absolute atomic E-state index is 11.4. The molecule has 0 amide bonds. The molecule has 0 heterocycles. The van der Waals surface area contributed by atoms with Crippen LogP contribution in [-0.2, 0) is 6.61 Å². The number of carbonyl (C=O) groups excluding carboxylic acids is 1. The highest BCUT2D eigenvalue weighted by Gasteiger charge is 2.12. The Hall–Kier alpha value is -1.51. The first-order valence-corrected chi connectivity index (χ1v) is 6.50. The molecule has 98 valence electrons. The molecule has 0 radical (unpaired) electrons. The van der Waals surface area contributed by atoms with Gasteiger partial charge in [-0.3, -0.25) is 4.79 Å². The average molecular weight is 295 g/mol. The van der Waals surface area contributed by atoms with Crippen molar-refractivity contribution in [3.8, 4) is 5.75 Å². The molecule has 0 saturated heterocycles. The molecule has 0 spiro atoms. The molecule has 0 bridgehead atoms. The van der Waals surface area contributed by atoms with E-state index in [1.807, 2.05) is 30.3 Å². The number of carbonyl (C=O) groups is 1. The molecule has 0 saturated carbocycles. The largest absolute Gasteiger partial charge is 0.489 e. The fourth-order valence-corrected chi connectivity index (χ4v) is 2.44. The van der Waals surface area contributed by atoms with Gasteiger partial charge in [0, 0.05) is 0 Å². The number of benzene rings is 2. The Balaban J connectivity index is 2.16. The summed E-state index contributed by atoms with van der Waals surface area (Å²) in [6, 6.07) is 13.0. The summed E-state index contributed by atoms with van der Waals surface area (Å²) in [7, 11) is 0. The first-order chi connectivity index (χ1) is 9.08. The fourth-order valence-electron chi connectivity index (χ4n) is 1.71. The normalized spacial score (nSPS) is 10.3. The zero-order valence-corrected chi connectivity index (χ0v) is 11.8. The lowest BCUT2D eigenvalue weighted by Gasteiger charge is -2.09. The Bertz CT molecular complexity index is 571. The number of ether oxygens (including phenoxy) is 1. The Morgan fingerprint density at radius 3 is 2.21 bits per heavy atom. The van der Waals surface area contributed by atoms with Gasteiger partial charge in [0.2, 0.25) is 0 Å². The molecule has 0 aromatic heterocycles. The Morgan fingerprint density at radius 2 is 1.68 bits per heavy atom. The number of ketones is 1. The summed E-state index contributed by atoms with van der Waals surface area (Å²) in [5, 5.41) is 0.617. The average Bonchev–Trinajstić information content (AvgIpc) is 2.36. The van der Waals surface area contributed by atoms with Crippen LogP contribution in [0.1, 0.15) is 22.8 Å². The Morgan fingerprint density at radius 1 is 1.11 bits per heavy atom. The minimum absolute atomic E-state index is 0.162. The van der Waals surface area contributed by atoms with Crippen molar-refractivity contribution >= 4 is 29.0 Å². The Kier molecular flexibility index (Phi) is 4.46. The number of halogens is 2. The lowest BCUT2D eigenvalue weighted by atomic mass is 10.1. The van der Waals surface area contributed by atoms with E-state index >= 15 is 0 Å². The predicted octanol–water partition coefficient (Wildman–Crippen LogP) is 4.78. The van der Waals surface area contributed by atoms with Crippen molar-refractivity contribution in [3.63, 3.8) is 0 Å². The fraction of sp³-hybridized carbons (Fsp3) is 0.133. The van der Waals surface area contributed by atoms with Gasteiger partial charge in [0.25, 0.3) is 0 Å². The van der Waals surface area contributed by atoms with E-state index < -0.39 is 0 Å². The third-order valence-electron chi connectivity index (χ3n) is 2.62. The molecular weight excluding hydrogens is 283 g/mol. The van der Waals surface area contributed by atoms with E-state index in [0.717, 1.165) is 5.56 Å². The minimum atomic E-state index is -0.162. The van der Waals surface area contributed by atoms with Gasteiger partial charge in [-0.05, 0) is 24.6 Å². The van der Waals surface area contributed by atoms with E-state index in [0.29, 0.717) is 28.0 Å². The topological polar surface area (TPSA) is 26.3 Å². The molecule has 4 heteroatoms. The van der Waals surface area contributed by atoms with Gasteiger partial charge in [0.1, 0.15) is 12.4 Å². The molecule has 19 heavy (non-hydrogen) atoms. The molecule has 0 fully saturated rings. The highest BCUT2D eigenvalue weighted by Crippen LogP contribution is 2.31. The molecular formula is C15H12Cl2O2. The van der Waals surface area contributed by atoms with Crippen molar-refractivity contribution < 1.29 is 9.53 Å². The van der Waals surface area contributed by atoms with Crippen LogP contribution in [0.25, 0.3) is 0 Å². The van der Waals surface area contributed by atoms with E-state index in [2.05, 4.69) is 0 Å². The SMILES string of the molecule is CC(=O)c1c(Cl)cc(OCc2ccccc2)cc1Cl. The molecule has 2 nitrogen and oxygen atoms in total. The van der Waals surface area contributed by atoms with E-state index in [-0.39, 0.29) is 5.78 Å². The second-order valence-electron chi connectivity index (χ2n) is 4.09. The third kappa shape index (κ3) is 3.49. The lowest BCUT2D eigenvalue weighted by Crippen LogP contribution is -1.99. The molecule has 0 unspecified atom stereocenters. The molecule has 0 aliphatic rings. The maximum Gasteiger partial charge on any atom is 0.162 e. The zero-order chi connectivity index (χ0) is 13.8. The molecule has 0 aliphatic carbocycles. The standard InChI is InChI=1S/C15H12Cl2O2/c1-10(18)15-13(16)7-12(8-14(15)17)19-9-11-5-3-2-4-6-11/h2-8H,9H2,1H3. The molecule has 0 atom stereocenters. The molecule has 2 rings (SSSR count). The summed E-state index contributed by atoms with van der Waals surface area (Å²) in [5.74, 6) is 0.383. The highest BCUT2D eigenvalue weighted by atomic mass is 35.5. The van der Waals surface area contributed by atoms with Crippen LogP contribution >= 0.6 is 23.2 Å². The molecule has 2 aromatic rings. The first-order valence-electron chi connectivity index (χ1n) is 5.74. The van der Waals surface area contributed by atoms with Gasteiger partial charge >= 0.3 is 0 Å². The van der Waals surface area contributed by atoms with Crippen molar-refractivity contribution in [1.29, 1.82) is 0 Å². The smallest absolute Gasteiger partial charge is 0.162 e. The van der Waals surface area contributed by atoms with E-state index in [9.17, 15) is 4.79 Å². The van der Waals surface area contributed by atoms with Crippen molar-refractivity contribution in [2.24, 2.45) is 0 Å². The second kappa shape index (κ2) is 6.09. The highest BCUT2D eigenvalue weighted by molar-refractivity contribution is 6.39. The van der Waals surface area contributed by atoms with Crippen molar-refractivity contribution in [1.82, 2.24) is 0 Å². The van der Waals surface area contributed by atoms with Crippen LogP contribution < -0.4 is 4.74 Å². The summed E-state index contributed by atoms with van der Waals surface area (Å²) in [5.41, 5.74) is 1.38. The first kappa shape index (κ1) is 13.9. The summed E-state index contributed by atoms with van der Waals surface area (Å²) < 4.78 is 5.61. The summed E-state index contributed by atoms with van der Waals surface area (Å²) in [6.07, 6.45) is 0. The predicted molar refractivity (Wildman–Crippen MR) is 77.2 cm³/mol. The second-order valence-corrected chi connectivity index (χ2v) is 4.91. The van der Waals surface area contributed by atoms with Gasteiger partial charge in [-0.2, -0.15) is 0 Å². The quantitative estimate of drug-likeness (QED) is 0.759. The lowest BCUT2D eigenvalue weighted by molar-refractivity contribution is 0.101. The van der Waals surface area contributed by atoms with Gasteiger partial charge in [-0.15, -0.1) is 0 Å². The minimum Gasteiger partial charge on any atom is -0.489 e. The molecule has 2 aromatic carbocycles. The van der Waals surface area contributed by atoms with E-state index in [1.165, 1.54) is 6.92 Å².